The van der Waals surface area contributed by atoms with Gasteiger partial charge < -0.3 is 15.5 Å². The van der Waals surface area contributed by atoms with Gasteiger partial charge in [-0.1, -0.05) is 6.07 Å². The maximum atomic E-state index is 12.7. The van der Waals surface area contributed by atoms with Crippen LogP contribution in [0.3, 0.4) is 0 Å². The van der Waals surface area contributed by atoms with Gasteiger partial charge >= 0.3 is 12.2 Å². The number of likely N-dealkylation sites (tertiary alicyclic amines) is 1. The molecule has 4 nitrogen and oxygen atoms in total. The average Bonchev–Trinajstić information content (AvgIpc) is 2.56. The molecule has 2 saturated heterocycles. The molecule has 2 aliphatic rings. The SMILES string of the molecule is O=C(Nc1cccc(C(F)(F)F)c1)N1CCC2(CCNCC2)CC1. The largest absolute Gasteiger partial charge is 0.416 e. The minimum absolute atomic E-state index is 0.178. The Balaban J connectivity index is 1.58. The van der Waals surface area contributed by atoms with Crippen molar-refractivity contribution < 1.29 is 18.0 Å². The standard InChI is InChI=1S/C17H22F3N3O/c18-17(19,20)13-2-1-3-14(12-13)22-15(24)23-10-6-16(7-11-23)4-8-21-9-5-16/h1-3,12,21H,4-11H2,(H,22,24). The van der Waals surface area contributed by atoms with Crippen molar-refractivity contribution >= 4 is 11.7 Å². The zero-order chi connectivity index (χ0) is 17.2. The second-order valence-corrected chi connectivity index (χ2v) is 6.75. The number of hydrogen-bond donors (Lipinski definition) is 2. The van der Waals surface area contributed by atoms with E-state index < -0.39 is 11.7 Å². The fraction of sp³-hybridized carbons (Fsp3) is 0.588. The molecule has 0 aromatic heterocycles. The smallest absolute Gasteiger partial charge is 0.324 e. The Kier molecular flexibility index (Phi) is 4.71. The summed E-state index contributed by atoms with van der Waals surface area (Å²) in [4.78, 5) is 14.0. The molecule has 0 saturated carbocycles. The molecule has 7 heteroatoms. The van der Waals surface area contributed by atoms with Crippen molar-refractivity contribution in [3.05, 3.63) is 29.8 Å². The lowest BCUT2D eigenvalue weighted by Crippen LogP contribution is -2.48. The molecule has 1 aromatic rings. The van der Waals surface area contributed by atoms with E-state index >= 15 is 0 Å². The van der Waals surface area contributed by atoms with E-state index in [0.717, 1.165) is 50.9 Å². The van der Waals surface area contributed by atoms with Crippen LogP contribution in [0.4, 0.5) is 23.7 Å². The molecule has 24 heavy (non-hydrogen) atoms. The van der Waals surface area contributed by atoms with Gasteiger partial charge in [-0.3, -0.25) is 0 Å². The number of alkyl halides is 3. The van der Waals surface area contributed by atoms with E-state index in [1.165, 1.54) is 12.1 Å². The van der Waals surface area contributed by atoms with Gasteiger partial charge in [0, 0.05) is 18.8 Å². The minimum Gasteiger partial charge on any atom is -0.324 e. The Labute approximate surface area is 139 Å². The lowest BCUT2D eigenvalue weighted by atomic mass is 9.72. The molecule has 2 fully saturated rings. The number of carbonyl (C=O) groups is 1. The minimum atomic E-state index is -4.41. The van der Waals surface area contributed by atoms with Crippen molar-refractivity contribution in [2.45, 2.75) is 31.9 Å². The van der Waals surface area contributed by atoms with E-state index in [-0.39, 0.29) is 11.7 Å². The molecule has 2 N–H and O–H groups in total. The van der Waals surface area contributed by atoms with Crippen LogP contribution >= 0.6 is 0 Å². The fourth-order valence-corrected chi connectivity index (χ4v) is 3.62. The summed E-state index contributed by atoms with van der Waals surface area (Å²) in [5, 5.41) is 5.95. The van der Waals surface area contributed by atoms with Crippen molar-refractivity contribution in [2.75, 3.05) is 31.5 Å². The summed E-state index contributed by atoms with van der Waals surface area (Å²) in [7, 11) is 0. The molecule has 1 aromatic carbocycles. The number of rotatable bonds is 1. The number of piperidine rings is 2. The predicted molar refractivity (Wildman–Crippen MR) is 85.8 cm³/mol. The first-order chi connectivity index (χ1) is 11.4. The van der Waals surface area contributed by atoms with E-state index in [4.69, 9.17) is 0 Å². The second kappa shape index (κ2) is 6.63. The molecule has 2 heterocycles. The van der Waals surface area contributed by atoms with Crippen molar-refractivity contribution in [3.8, 4) is 0 Å². The Hall–Kier alpha value is -1.76. The van der Waals surface area contributed by atoms with Crippen LogP contribution in [-0.4, -0.2) is 37.1 Å². The van der Waals surface area contributed by atoms with Gasteiger partial charge in [0.05, 0.1) is 5.56 Å². The number of benzene rings is 1. The van der Waals surface area contributed by atoms with E-state index in [1.807, 2.05) is 0 Å². The summed E-state index contributed by atoms with van der Waals surface area (Å²) in [5.41, 5.74) is -0.248. The summed E-state index contributed by atoms with van der Waals surface area (Å²) in [6, 6.07) is 4.43. The van der Waals surface area contributed by atoms with Crippen molar-refractivity contribution in [2.24, 2.45) is 5.41 Å². The number of hydrogen-bond acceptors (Lipinski definition) is 2. The molecule has 0 aliphatic carbocycles. The van der Waals surface area contributed by atoms with Crippen LogP contribution < -0.4 is 10.6 Å². The molecule has 132 valence electrons. The quantitative estimate of drug-likeness (QED) is 0.818. The molecule has 2 aliphatic heterocycles. The van der Waals surface area contributed by atoms with Crippen LogP contribution in [0.1, 0.15) is 31.2 Å². The topological polar surface area (TPSA) is 44.4 Å². The van der Waals surface area contributed by atoms with E-state index in [1.54, 1.807) is 4.90 Å². The van der Waals surface area contributed by atoms with Crippen LogP contribution in [0.15, 0.2) is 24.3 Å². The van der Waals surface area contributed by atoms with Gasteiger partial charge in [0.25, 0.3) is 0 Å². The van der Waals surface area contributed by atoms with Crippen LogP contribution in [0, 0.1) is 5.41 Å². The highest BCUT2D eigenvalue weighted by molar-refractivity contribution is 5.89. The van der Waals surface area contributed by atoms with Crippen molar-refractivity contribution in [1.29, 1.82) is 0 Å². The monoisotopic (exact) mass is 341 g/mol. The number of nitrogens with zero attached hydrogens (tertiary/aromatic N) is 1. The summed E-state index contributed by atoms with van der Waals surface area (Å²) in [6.07, 6.45) is -0.213. The number of amides is 2. The first-order valence-electron chi connectivity index (χ1n) is 8.32. The summed E-state index contributed by atoms with van der Waals surface area (Å²) < 4.78 is 38.2. The third-order valence-corrected chi connectivity index (χ3v) is 5.22. The third-order valence-electron chi connectivity index (χ3n) is 5.22. The highest BCUT2D eigenvalue weighted by Crippen LogP contribution is 2.39. The van der Waals surface area contributed by atoms with Crippen LogP contribution in [0.5, 0.6) is 0 Å². The molecule has 0 radical (unpaired) electrons. The van der Waals surface area contributed by atoms with E-state index in [0.29, 0.717) is 18.5 Å². The van der Waals surface area contributed by atoms with Gasteiger partial charge in [-0.25, -0.2) is 4.79 Å². The lowest BCUT2D eigenvalue weighted by Gasteiger charge is -2.44. The maximum Gasteiger partial charge on any atom is 0.416 e. The number of carbonyl (C=O) groups excluding carboxylic acids is 1. The van der Waals surface area contributed by atoms with Crippen LogP contribution in [-0.2, 0) is 6.18 Å². The van der Waals surface area contributed by atoms with Crippen molar-refractivity contribution in [3.63, 3.8) is 0 Å². The molecule has 1 spiro atoms. The zero-order valence-corrected chi connectivity index (χ0v) is 13.5. The highest BCUT2D eigenvalue weighted by atomic mass is 19.4. The summed E-state index contributed by atoms with van der Waals surface area (Å²) in [6.45, 7) is 3.36. The Morgan fingerprint density at radius 3 is 2.42 bits per heavy atom. The number of halogens is 3. The Morgan fingerprint density at radius 1 is 1.12 bits per heavy atom. The first-order valence-corrected chi connectivity index (χ1v) is 8.32. The van der Waals surface area contributed by atoms with Crippen molar-refractivity contribution in [1.82, 2.24) is 10.2 Å². The van der Waals surface area contributed by atoms with Gasteiger partial charge in [0.2, 0.25) is 0 Å². The second-order valence-electron chi connectivity index (χ2n) is 6.75. The molecule has 0 unspecified atom stereocenters. The third kappa shape index (κ3) is 3.83. The lowest BCUT2D eigenvalue weighted by molar-refractivity contribution is -0.137. The number of nitrogens with one attached hydrogen (secondary N) is 2. The van der Waals surface area contributed by atoms with E-state index in [9.17, 15) is 18.0 Å². The maximum absolute atomic E-state index is 12.7. The molecule has 0 bridgehead atoms. The summed E-state index contributed by atoms with van der Waals surface area (Å²) in [5.74, 6) is 0. The van der Waals surface area contributed by atoms with Crippen LogP contribution in [0.2, 0.25) is 0 Å². The molecular formula is C17H22F3N3O. The van der Waals surface area contributed by atoms with E-state index in [2.05, 4.69) is 10.6 Å². The normalized spacial score (nSPS) is 20.9. The van der Waals surface area contributed by atoms with Crippen LogP contribution in [0.25, 0.3) is 0 Å². The molecule has 2 amide bonds. The van der Waals surface area contributed by atoms with Gasteiger partial charge in [0.15, 0.2) is 0 Å². The summed E-state index contributed by atoms with van der Waals surface area (Å²) >= 11 is 0. The number of anilines is 1. The Morgan fingerprint density at radius 2 is 1.79 bits per heavy atom. The zero-order valence-electron chi connectivity index (χ0n) is 13.5. The molecule has 3 rings (SSSR count). The highest BCUT2D eigenvalue weighted by Gasteiger charge is 2.36. The fourth-order valence-electron chi connectivity index (χ4n) is 3.62. The molecule has 0 atom stereocenters. The van der Waals surface area contributed by atoms with Gasteiger partial charge in [0.1, 0.15) is 0 Å². The number of urea groups is 1. The Bertz CT molecular complexity index is 587. The predicted octanol–water partition coefficient (Wildman–Crippen LogP) is 3.70. The van der Waals surface area contributed by atoms with Gasteiger partial charge in [-0.15, -0.1) is 0 Å². The van der Waals surface area contributed by atoms with Gasteiger partial charge in [-0.2, -0.15) is 13.2 Å². The molecular weight excluding hydrogens is 319 g/mol. The van der Waals surface area contributed by atoms with Gasteiger partial charge in [-0.05, 0) is 62.4 Å². The average molecular weight is 341 g/mol. The first kappa shape index (κ1) is 17.1.